The predicted molar refractivity (Wildman–Crippen MR) is 107 cm³/mol. The van der Waals surface area contributed by atoms with E-state index in [0.717, 1.165) is 15.8 Å². The molecule has 0 aliphatic heterocycles. The Morgan fingerprint density at radius 2 is 2.00 bits per heavy atom. The first kappa shape index (κ1) is 19.2. The highest BCUT2D eigenvalue weighted by Gasteiger charge is 2.20. The largest absolute Gasteiger partial charge is 0.462 e. The SMILES string of the molecule is CCOC(=O)c1sc2ncn(CC(=O)Nc3ccc(Br)cc3)c(=O)c2c1C. The average Bonchev–Trinajstić information content (AvgIpc) is 2.97. The Balaban J connectivity index is 1.87. The summed E-state index contributed by atoms with van der Waals surface area (Å²) in [7, 11) is 0. The number of amides is 1. The summed E-state index contributed by atoms with van der Waals surface area (Å²) in [6, 6.07) is 7.11. The van der Waals surface area contributed by atoms with Crippen LogP contribution < -0.4 is 10.9 Å². The highest BCUT2D eigenvalue weighted by Crippen LogP contribution is 2.27. The van der Waals surface area contributed by atoms with E-state index in [1.807, 2.05) is 0 Å². The van der Waals surface area contributed by atoms with Gasteiger partial charge < -0.3 is 10.1 Å². The Morgan fingerprint density at radius 3 is 2.67 bits per heavy atom. The maximum atomic E-state index is 12.8. The topological polar surface area (TPSA) is 90.3 Å². The van der Waals surface area contributed by atoms with Crippen LogP contribution in [-0.2, 0) is 16.1 Å². The average molecular weight is 450 g/mol. The van der Waals surface area contributed by atoms with Crippen molar-refractivity contribution in [3.63, 3.8) is 0 Å². The summed E-state index contributed by atoms with van der Waals surface area (Å²) >= 11 is 4.44. The molecule has 1 amide bonds. The lowest BCUT2D eigenvalue weighted by molar-refractivity contribution is -0.116. The van der Waals surface area contributed by atoms with Gasteiger partial charge in [-0.2, -0.15) is 0 Å². The number of fused-ring (bicyclic) bond motifs is 1. The molecule has 140 valence electrons. The van der Waals surface area contributed by atoms with Gasteiger partial charge in [0.2, 0.25) is 5.91 Å². The van der Waals surface area contributed by atoms with E-state index >= 15 is 0 Å². The number of anilines is 1. The van der Waals surface area contributed by atoms with E-state index < -0.39 is 5.97 Å². The van der Waals surface area contributed by atoms with Crippen molar-refractivity contribution in [2.45, 2.75) is 20.4 Å². The van der Waals surface area contributed by atoms with Gasteiger partial charge in [0.05, 0.1) is 18.3 Å². The lowest BCUT2D eigenvalue weighted by Gasteiger charge is -2.07. The monoisotopic (exact) mass is 449 g/mol. The number of rotatable bonds is 5. The van der Waals surface area contributed by atoms with E-state index in [1.165, 1.54) is 10.9 Å². The van der Waals surface area contributed by atoms with Gasteiger partial charge in [0.25, 0.3) is 5.56 Å². The van der Waals surface area contributed by atoms with Crippen LogP contribution in [0, 0.1) is 6.92 Å². The third kappa shape index (κ3) is 4.09. The Morgan fingerprint density at radius 1 is 1.30 bits per heavy atom. The van der Waals surface area contributed by atoms with Gasteiger partial charge >= 0.3 is 5.97 Å². The van der Waals surface area contributed by atoms with Crippen molar-refractivity contribution < 1.29 is 14.3 Å². The third-order valence-corrected chi connectivity index (χ3v) is 5.53. The number of nitrogens with one attached hydrogen (secondary N) is 1. The number of benzene rings is 1. The zero-order valence-corrected chi connectivity index (χ0v) is 17.0. The summed E-state index contributed by atoms with van der Waals surface area (Å²) in [4.78, 5) is 42.1. The fraction of sp³-hybridized carbons (Fsp3) is 0.222. The van der Waals surface area contributed by atoms with Crippen LogP contribution in [0.4, 0.5) is 5.69 Å². The fourth-order valence-electron chi connectivity index (χ4n) is 2.55. The van der Waals surface area contributed by atoms with E-state index in [1.54, 1.807) is 38.1 Å². The number of carbonyl (C=O) groups excluding carboxylic acids is 2. The van der Waals surface area contributed by atoms with E-state index in [2.05, 4.69) is 26.2 Å². The molecule has 7 nitrogen and oxygen atoms in total. The maximum Gasteiger partial charge on any atom is 0.348 e. The predicted octanol–water partition coefficient (Wildman–Crippen LogP) is 3.34. The second-order valence-corrected chi connectivity index (χ2v) is 7.60. The fourth-order valence-corrected chi connectivity index (χ4v) is 3.85. The van der Waals surface area contributed by atoms with Gasteiger partial charge in [-0.3, -0.25) is 14.2 Å². The number of hydrogen-bond donors (Lipinski definition) is 1. The number of hydrogen-bond acceptors (Lipinski definition) is 6. The Labute approximate surface area is 167 Å². The van der Waals surface area contributed by atoms with Crippen LogP contribution in [0.15, 0.2) is 39.9 Å². The summed E-state index contributed by atoms with van der Waals surface area (Å²) in [5, 5.41) is 3.06. The van der Waals surface area contributed by atoms with E-state index in [0.29, 0.717) is 26.3 Å². The number of thiophene rings is 1. The van der Waals surface area contributed by atoms with Crippen molar-refractivity contribution in [3.8, 4) is 0 Å². The Bertz CT molecular complexity index is 1070. The van der Waals surface area contributed by atoms with Crippen LogP contribution in [0.5, 0.6) is 0 Å². The van der Waals surface area contributed by atoms with Crippen molar-refractivity contribution in [1.82, 2.24) is 9.55 Å². The van der Waals surface area contributed by atoms with Crippen LogP contribution in [0.1, 0.15) is 22.2 Å². The molecule has 2 aromatic heterocycles. The molecule has 0 saturated carbocycles. The van der Waals surface area contributed by atoms with Crippen LogP contribution in [0.3, 0.4) is 0 Å². The minimum Gasteiger partial charge on any atom is -0.462 e. The van der Waals surface area contributed by atoms with Gasteiger partial charge in [0, 0.05) is 10.2 Å². The Kier molecular flexibility index (Phi) is 5.71. The number of carbonyl (C=O) groups is 2. The van der Waals surface area contributed by atoms with Gasteiger partial charge in [0.15, 0.2) is 0 Å². The quantitative estimate of drug-likeness (QED) is 0.603. The highest BCUT2D eigenvalue weighted by molar-refractivity contribution is 9.10. The van der Waals surface area contributed by atoms with Crippen LogP contribution >= 0.6 is 27.3 Å². The van der Waals surface area contributed by atoms with Crippen molar-refractivity contribution in [3.05, 3.63) is 55.9 Å². The molecule has 0 atom stereocenters. The second kappa shape index (κ2) is 8.01. The number of nitrogens with zero attached hydrogens (tertiary/aromatic N) is 2. The molecule has 0 aliphatic carbocycles. The lowest BCUT2D eigenvalue weighted by Crippen LogP contribution is -2.27. The van der Waals surface area contributed by atoms with Crippen molar-refractivity contribution in [1.29, 1.82) is 0 Å². The lowest BCUT2D eigenvalue weighted by atomic mass is 10.2. The highest BCUT2D eigenvalue weighted by atomic mass is 79.9. The van der Waals surface area contributed by atoms with Gasteiger partial charge in [-0.1, -0.05) is 15.9 Å². The smallest absolute Gasteiger partial charge is 0.348 e. The van der Waals surface area contributed by atoms with E-state index in [4.69, 9.17) is 4.74 Å². The van der Waals surface area contributed by atoms with Crippen molar-refractivity contribution >= 4 is 55.0 Å². The van der Waals surface area contributed by atoms with Gasteiger partial charge in [-0.25, -0.2) is 9.78 Å². The second-order valence-electron chi connectivity index (χ2n) is 5.69. The molecule has 0 radical (unpaired) electrons. The summed E-state index contributed by atoms with van der Waals surface area (Å²) in [5.74, 6) is -0.823. The molecule has 27 heavy (non-hydrogen) atoms. The Hall–Kier alpha value is -2.52. The van der Waals surface area contributed by atoms with E-state index in [9.17, 15) is 14.4 Å². The number of esters is 1. The summed E-state index contributed by atoms with van der Waals surface area (Å²) in [6.07, 6.45) is 1.32. The number of halogens is 1. The molecular formula is C18H16BrN3O4S. The molecule has 1 aromatic carbocycles. The first-order chi connectivity index (χ1) is 12.9. The first-order valence-electron chi connectivity index (χ1n) is 8.11. The van der Waals surface area contributed by atoms with Crippen LogP contribution in [0.25, 0.3) is 10.2 Å². The van der Waals surface area contributed by atoms with Gasteiger partial charge in [-0.05, 0) is 43.7 Å². The minimum atomic E-state index is -0.475. The number of ether oxygens (including phenoxy) is 1. The summed E-state index contributed by atoms with van der Waals surface area (Å²) in [6.45, 7) is 3.47. The van der Waals surface area contributed by atoms with Gasteiger partial charge in [-0.15, -0.1) is 11.3 Å². The molecule has 0 bridgehead atoms. The van der Waals surface area contributed by atoms with E-state index in [-0.39, 0.29) is 24.6 Å². The normalized spacial score (nSPS) is 10.8. The first-order valence-corrected chi connectivity index (χ1v) is 9.72. The zero-order valence-electron chi connectivity index (χ0n) is 14.6. The molecule has 1 N–H and O–H groups in total. The zero-order chi connectivity index (χ0) is 19.6. The maximum absolute atomic E-state index is 12.8. The minimum absolute atomic E-state index is 0.179. The molecule has 3 rings (SSSR count). The molecule has 0 unspecified atom stereocenters. The number of aromatic nitrogens is 2. The molecule has 0 fully saturated rings. The van der Waals surface area contributed by atoms with Crippen LogP contribution in [-0.4, -0.2) is 28.0 Å². The molecule has 0 aliphatic rings. The summed E-state index contributed by atoms with van der Waals surface area (Å²) in [5.41, 5.74) is 0.783. The molecule has 2 heterocycles. The van der Waals surface area contributed by atoms with Gasteiger partial charge in [0.1, 0.15) is 16.3 Å². The van der Waals surface area contributed by atoms with Crippen molar-refractivity contribution in [2.75, 3.05) is 11.9 Å². The van der Waals surface area contributed by atoms with Crippen molar-refractivity contribution in [2.24, 2.45) is 0 Å². The number of aryl methyl sites for hydroxylation is 1. The molecule has 9 heteroatoms. The summed E-state index contributed by atoms with van der Waals surface area (Å²) < 4.78 is 7.14. The molecule has 0 spiro atoms. The molecular weight excluding hydrogens is 434 g/mol. The van der Waals surface area contributed by atoms with Crippen LogP contribution in [0.2, 0.25) is 0 Å². The molecule has 3 aromatic rings. The standard InChI is InChI=1S/C18H16BrN3O4S/c1-3-26-18(25)15-10(2)14-16(27-15)20-9-22(17(14)24)8-13(23)21-12-6-4-11(19)5-7-12/h4-7,9H,3,8H2,1-2H3,(H,21,23). The third-order valence-electron chi connectivity index (χ3n) is 3.82. The molecule has 0 saturated heterocycles.